The van der Waals surface area contributed by atoms with Crippen LogP contribution >= 0.6 is 0 Å². The number of piperidine rings is 1. The summed E-state index contributed by atoms with van der Waals surface area (Å²) in [4.78, 5) is 25.4. The predicted octanol–water partition coefficient (Wildman–Crippen LogP) is 0.400. The van der Waals surface area contributed by atoms with E-state index in [0.717, 1.165) is 12.8 Å². The molecule has 1 N–H and O–H groups in total. The van der Waals surface area contributed by atoms with E-state index in [9.17, 15) is 14.7 Å². The monoisotopic (exact) mass is 223 g/mol. The molecule has 1 aliphatic heterocycles. The summed E-state index contributed by atoms with van der Waals surface area (Å²) >= 11 is 0. The maximum absolute atomic E-state index is 12.0. The molecule has 2 atom stereocenters. The summed E-state index contributed by atoms with van der Waals surface area (Å²) < 4.78 is 0. The standard InChI is InChI=1S/C12H17NO3/c1-11(2)7-8(11)10(16)13(9(7)15)5-12(6-14)3-4-12/h7-8,14H,3-6H2,1-2H3. The minimum atomic E-state index is -0.160. The van der Waals surface area contributed by atoms with Crippen molar-refractivity contribution in [3.63, 3.8) is 0 Å². The molecule has 88 valence electrons. The normalized spacial score (nSPS) is 37.6. The van der Waals surface area contributed by atoms with Crippen LogP contribution in [0.4, 0.5) is 0 Å². The molecule has 3 rings (SSSR count). The molecule has 0 radical (unpaired) electrons. The average molecular weight is 223 g/mol. The number of amides is 2. The van der Waals surface area contributed by atoms with E-state index >= 15 is 0 Å². The fourth-order valence-corrected chi connectivity index (χ4v) is 3.04. The molecule has 3 fully saturated rings. The van der Waals surface area contributed by atoms with Gasteiger partial charge in [-0.1, -0.05) is 13.8 Å². The molecule has 2 saturated carbocycles. The Morgan fingerprint density at radius 1 is 1.25 bits per heavy atom. The Bertz CT molecular complexity index is 360. The summed E-state index contributed by atoms with van der Waals surface area (Å²) in [6, 6.07) is 0. The van der Waals surface area contributed by atoms with Crippen molar-refractivity contribution in [3.05, 3.63) is 0 Å². The lowest BCUT2D eigenvalue weighted by Gasteiger charge is -2.24. The van der Waals surface area contributed by atoms with E-state index in [1.54, 1.807) is 0 Å². The Kier molecular flexibility index (Phi) is 1.71. The van der Waals surface area contributed by atoms with Gasteiger partial charge in [0.05, 0.1) is 18.4 Å². The zero-order valence-corrected chi connectivity index (χ0v) is 9.69. The van der Waals surface area contributed by atoms with E-state index in [2.05, 4.69) is 0 Å². The molecule has 4 nitrogen and oxygen atoms in total. The van der Waals surface area contributed by atoms with Crippen molar-refractivity contribution in [1.82, 2.24) is 4.90 Å². The Hall–Kier alpha value is -0.900. The Morgan fingerprint density at radius 3 is 2.12 bits per heavy atom. The van der Waals surface area contributed by atoms with Gasteiger partial charge in [0.25, 0.3) is 0 Å². The zero-order valence-electron chi connectivity index (χ0n) is 9.69. The molecule has 2 aliphatic carbocycles. The number of hydrogen-bond acceptors (Lipinski definition) is 3. The van der Waals surface area contributed by atoms with Crippen molar-refractivity contribution in [1.29, 1.82) is 0 Å². The third-order valence-corrected chi connectivity index (χ3v) is 4.68. The van der Waals surface area contributed by atoms with Gasteiger partial charge in [0.1, 0.15) is 0 Å². The van der Waals surface area contributed by atoms with Crippen LogP contribution in [0.3, 0.4) is 0 Å². The van der Waals surface area contributed by atoms with Crippen molar-refractivity contribution in [2.24, 2.45) is 22.7 Å². The highest BCUT2D eigenvalue weighted by Crippen LogP contribution is 2.64. The molecule has 2 unspecified atom stereocenters. The van der Waals surface area contributed by atoms with Gasteiger partial charge < -0.3 is 5.11 Å². The van der Waals surface area contributed by atoms with Crippen LogP contribution in [-0.4, -0.2) is 35.0 Å². The number of fused-ring (bicyclic) bond motifs is 1. The lowest BCUT2D eigenvalue weighted by Crippen LogP contribution is -2.41. The first-order valence-corrected chi connectivity index (χ1v) is 5.89. The third-order valence-electron chi connectivity index (χ3n) is 4.68. The van der Waals surface area contributed by atoms with Crippen molar-refractivity contribution < 1.29 is 14.7 Å². The van der Waals surface area contributed by atoms with Crippen LogP contribution in [-0.2, 0) is 9.59 Å². The lowest BCUT2D eigenvalue weighted by molar-refractivity contribution is -0.144. The van der Waals surface area contributed by atoms with Crippen LogP contribution in [0.25, 0.3) is 0 Å². The summed E-state index contributed by atoms with van der Waals surface area (Å²) in [5.74, 6) is -0.205. The fourth-order valence-electron chi connectivity index (χ4n) is 3.04. The molecule has 1 heterocycles. The topological polar surface area (TPSA) is 57.6 Å². The maximum atomic E-state index is 12.0. The second-order valence-corrected chi connectivity index (χ2v) is 6.20. The summed E-state index contributed by atoms with van der Waals surface area (Å²) in [7, 11) is 0. The van der Waals surface area contributed by atoms with E-state index < -0.39 is 0 Å². The maximum Gasteiger partial charge on any atom is 0.233 e. The van der Waals surface area contributed by atoms with Crippen molar-refractivity contribution in [3.8, 4) is 0 Å². The Labute approximate surface area is 94.6 Å². The van der Waals surface area contributed by atoms with Crippen LogP contribution in [0.5, 0.6) is 0 Å². The molecule has 1 saturated heterocycles. The molecule has 0 aromatic heterocycles. The van der Waals surface area contributed by atoms with Gasteiger partial charge in [-0.15, -0.1) is 0 Å². The van der Waals surface area contributed by atoms with Gasteiger partial charge in [0.15, 0.2) is 0 Å². The van der Waals surface area contributed by atoms with Gasteiger partial charge in [-0.05, 0) is 18.3 Å². The summed E-state index contributed by atoms with van der Waals surface area (Å²) in [6.45, 7) is 4.48. The first-order chi connectivity index (χ1) is 7.43. The van der Waals surface area contributed by atoms with Crippen molar-refractivity contribution in [2.75, 3.05) is 13.2 Å². The quantitative estimate of drug-likeness (QED) is 0.705. The van der Waals surface area contributed by atoms with Crippen molar-refractivity contribution in [2.45, 2.75) is 26.7 Å². The molecular formula is C12H17NO3. The van der Waals surface area contributed by atoms with Gasteiger partial charge in [0.2, 0.25) is 11.8 Å². The number of aliphatic hydroxyl groups is 1. The fraction of sp³-hybridized carbons (Fsp3) is 0.833. The Balaban J connectivity index is 1.76. The van der Waals surface area contributed by atoms with Gasteiger partial charge >= 0.3 is 0 Å². The number of aliphatic hydroxyl groups excluding tert-OH is 1. The van der Waals surface area contributed by atoms with E-state index in [0.29, 0.717) is 6.54 Å². The van der Waals surface area contributed by atoms with Gasteiger partial charge in [-0.2, -0.15) is 0 Å². The molecule has 0 aromatic rings. The first-order valence-electron chi connectivity index (χ1n) is 5.89. The SMILES string of the molecule is CC1(C)C2C(=O)N(CC3(CO)CC3)C(=O)C21. The highest BCUT2D eigenvalue weighted by Gasteiger charge is 2.73. The second kappa shape index (κ2) is 2.67. The molecule has 0 aromatic carbocycles. The Morgan fingerprint density at radius 2 is 1.75 bits per heavy atom. The number of hydrogen-bond donors (Lipinski definition) is 1. The summed E-state index contributed by atoms with van der Waals surface area (Å²) in [6.07, 6.45) is 1.86. The zero-order chi connectivity index (χ0) is 11.7. The van der Waals surface area contributed by atoms with E-state index in [1.165, 1.54) is 4.90 Å². The minimum absolute atomic E-state index is 0.0141. The van der Waals surface area contributed by atoms with Gasteiger partial charge in [-0.3, -0.25) is 14.5 Å². The number of imide groups is 1. The second-order valence-electron chi connectivity index (χ2n) is 6.20. The minimum Gasteiger partial charge on any atom is -0.396 e. The van der Waals surface area contributed by atoms with Gasteiger partial charge in [0, 0.05) is 12.0 Å². The molecule has 0 spiro atoms. The largest absolute Gasteiger partial charge is 0.396 e. The van der Waals surface area contributed by atoms with Crippen LogP contribution in [0, 0.1) is 22.7 Å². The van der Waals surface area contributed by atoms with Crippen LogP contribution < -0.4 is 0 Å². The van der Waals surface area contributed by atoms with E-state index in [-0.39, 0.29) is 41.1 Å². The predicted molar refractivity (Wildman–Crippen MR) is 56.2 cm³/mol. The average Bonchev–Trinajstić information content (AvgIpc) is 3.07. The third kappa shape index (κ3) is 1.08. The number of nitrogens with zero attached hydrogens (tertiary/aromatic N) is 1. The number of rotatable bonds is 3. The van der Waals surface area contributed by atoms with Crippen molar-refractivity contribution >= 4 is 11.8 Å². The highest BCUT2D eigenvalue weighted by atomic mass is 16.3. The molecular weight excluding hydrogens is 206 g/mol. The molecule has 3 aliphatic rings. The molecule has 0 bridgehead atoms. The van der Waals surface area contributed by atoms with E-state index in [4.69, 9.17) is 0 Å². The molecule has 2 amide bonds. The molecule has 4 heteroatoms. The summed E-state index contributed by atoms with van der Waals surface area (Å²) in [5, 5.41) is 9.22. The van der Waals surface area contributed by atoms with Crippen LogP contribution in [0.1, 0.15) is 26.7 Å². The van der Waals surface area contributed by atoms with E-state index in [1.807, 2.05) is 13.8 Å². The highest BCUT2D eigenvalue weighted by molar-refractivity contribution is 6.10. The van der Waals surface area contributed by atoms with Crippen LogP contribution in [0.15, 0.2) is 0 Å². The van der Waals surface area contributed by atoms with Gasteiger partial charge in [-0.25, -0.2) is 0 Å². The molecule has 16 heavy (non-hydrogen) atoms. The lowest BCUT2D eigenvalue weighted by atomic mass is 10.0. The van der Waals surface area contributed by atoms with Crippen LogP contribution in [0.2, 0.25) is 0 Å². The first kappa shape index (κ1) is 10.3. The number of carbonyl (C=O) groups excluding carboxylic acids is 2. The number of carbonyl (C=O) groups is 2. The summed E-state index contributed by atoms with van der Waals surface area (Å²) in [5.41, 5.74) is -0.285. The smallest absolute Gasteiger partial charge is 0.233 e. The number of likely N-dealkylation sites (tertiary alicyclic amines) is 1.